The lowest BCUT2D eigenvalue weighted by Crippen LogP contribution is -2.20. The molecule has 0 bridgehead atoms. The van der Waals surface area contributed by atoms with Crippen LogP contribution in [0.2, 0.25) is 10.0 Å². The van der Waals surface area contributed by atoms with Crippen molar-refractivity contribution >= 4 is 64.0 Å². The van der Waals surface area contributed by atoms with Crippen molar-refractivity contribution in [1.29, 1.82) is 0 Å². The summed E-state index contributed by atoms with van der Waals surface area (Å²) in [6.45, 7) is 0.535. The van der Waals surface area contributed by atoms with Gasteiger partial charge >= 0.3 is 5.97 Å². The van der Waals surface area contributed by atoms with Crippen molar-refractivity contribution in [1.82, 2.24) is 15.0 Å². The third-order valence-corrected chi connectivity index (χ3v) is 7.01. The monoisotopic (exact) mass is 566 g/mol. The number of ketones is 1. The quantitative estimate of drug-likeness (QED) is 0.142. The van der Waals surface area contributed by atoms with E-state index < -0.39 is 11.9 Å². The molecule has 0 fully saturated rings. The predicted molar refractivity (Wildman–Crippen MR) is 151 cm³/mol. The lowest BCUT2D eigenvalue weighted by Gasteiger charge is -2.21. The zero-order valence-electron chi connectivity index (χ0n) is 20.5. The molecule has 4 rings (SSSR count). The lowest BCUT2D eigenvalue weighted by atomic mass is 9.95. The average molecular weight is 567 g/mol. The van der Waals surface area contributed by atoms with E-state index in [0.29, 0.717) is 18.9 Å². The second kappa shape index (κ2) is 13.3. The Labute approximate surface area is 234 Å². The molecule has 0 radical (unpaired) electrons. The summed E-state index contributed by atoms with van der Waals surface area (Å²) >= 11 is 13.9. The van der Waals surface area contributed by atoms with Crippen LogP contribution >= 0.6 is 34.5 Å². The van der Waals surface area contributed by atoms with E-state index in [-0.39, 0.29) is 27.8 Å². The van der Waals surface area contributed by atoms with Gasteiger partial charge in [-0.3, -0.25) is 9.59 Å². The number of halogens is 2. The summed E-state index contributed by atoms with van der Waals surface area (Å²) in [6.07, 6.45) is 7.41. The molecule has 1 unspecified atom stereocenters. The highest BCUT2D eigenvalue weighted by Crippen LogP contribution is 2.28. The number of methoxy groups -OCH3 is 1. The summed E-state index contributed by atoms with van der Waals surface area (Å²) in [5, 5.41) is 2.51. The summed E-state index contributed by atoms with van der Waals surface area (Å²) in [5.41, 5.74) is 4.78. The van der Waals surface area contributed by atoms with Gasteiger partial charge in [0.25, 0.3) is 0 Å². The molecule has 4 aromatic rings. The summed E-state index contributed by atoms with van der Waals surface area (Å²) in [7, 11) is 1.30. The summed E-state index contributed by atoms with van der Waals surface area (Å²) in [4.78, 5) is 40.4. The van der Waals surface area contributed by atoms with Gasteiger partial charge in [0.05, 0.1) is 46.4 Å². The third kappa shape index (κ3) is 7.04. The topological polar surface area (TPSA) is 85.3 Å². The molecule has 0 aliphatic heterocycles. The van der Waals surface area contributed by atoms with Crippen molar-refractivity contribution in [3.63, 3.8) is 0 Å². The number of allylic oxidation sites excluding steroid dienone is 1. The smallest absolute Gasteiger partial charge is 0.309 e. The molecule has 1 atom stereocenters. The van der Waals surface area contributed by atoms with Crippen molar-refractivity contribution < 1.29 is 14.3 Å². The Bertz CT molecular complexity index is 1380. The molecule has 2 aromatic carbocycles. The number of aromatic nitrogens is 3. The molecule has 10 heteroatoms. The molecule has 0 aliphatic rings. The Morgan fingerprint density at radius 1 is 1.03 bits per heavy atom. The molecule has 0 spiro atoms. The van der Waals surface area contributed by atoms with E-state index in [0.717, 1.165) is 16.9 Å². The van der Waals surface area contributed by atoms with Gasteiger partial charge in [0, 0.05) is 29.9 Å². The first-order chi connectivity index (χ1) is 18.5. The first-order valence-corrected chi connectivity index (χ1v) is 13.4. The van der Waals surface area contributed by atoms with E-state index in [4.69, 9.17) is 27.9 Å². The number of benzene rings is 2. The van der Waals surface area contributed by atoms with Crippen LogP contribution in [0.5, 0.6) is 0 Å². The minimum absolute atomic E-state index is 0.0674. The fourth-order valence-corrected chi connectivity index (χ4v) is 5.00. The summed E-state index contributed by atoms with van der Waals surface area (Å²) in [5.74, 6) is -0.869. The number of ether oxygens (including phenoxy) is 1. The molecule has 7 nitrogen and oxygen atoms in total. The average Bonchev–Trinajstić information content (AvgIpc) is 3.45. The zero-order chi connectivity index (χ0) is 26.9. The highest BCUT2D eigenvalue weighted by atomic mass is 35.5. The first-order valence-electron chi connectivity index (χ1n) is 11.7. The van der Waals surface area contributed by atoms with Crippen LogP contribution in [0.25, 0.3) is 6.08 Å². The Kier molecular flexibility index (Phi) is 9.59. The van der Waals surface area contributed by atoms with Crippen LogP contribution < -0.4 is 4.90 Å². The van der Waals surface area contributed by atoms with Gasteiger partial charge in [0.15, 0.2) is 5.78 Å². The highest BCUT2D eigenvalue weighted by molar-refractivity contribution is 7.07. The second-order valence-corrected chi connectivity index (χ2v) is 9.82. The van der Waals surface area contributed by atoms with E-state index in [1.807, 2.05) is 46.7 Å². The third-order valence-electron chi connectivity index (χ3n) is 5.74. The number of nitrogens with zero attached hydrogens (tertiary/aromatic N) is 4. The van der Waals surface area contributed by atoms with Gasteiger partial charge in [-0.1, -0.05) is 53.6 Å². The van der Waals surface area contributed by atoms with Crippen molar-refractivity contribution in [2.75, 3.05) is 12.0 Å². The second-order valence-electron chi connectivity index (χ2n) is 8.29. The summed E-state index contributed by atoms with van der Waals surface area (Å²) in [6, 6.07) is 14.5. The summed E-state index contributed by atoms with van der Waals surface area (Å²) < 4.78 is 4.93. The fraction of sp³-hybridized carbons (Fsp3) is 0.179. The van der Waals surface area contributed by atoms with Gasteiger partial charge in [-0.05, 0) is 42.3 Å². The number of Topliss-reactive ketones (excluding diaryl/α,β-unsaturated/α-hetero) is 1. The standard InChI is InChI=1S/C28H24Cl2N4O3S/c1-37-27(36)20(15-25(35)26-23(29)7-3-8-24(26)30)6-2-5-19-9-11-22(12-10-19)34(16-21-17-38-18-33-21)28-31-13-4-14-32-28/h2-5,7-14,17-18,20H,6,15-16H2,1H3/b5-2+. The lowest BCUT2D eigenvalue weighted by molar-refractivity contribution is -0.145. The first kappa shape index (κ1) is 27.4. The van der Waals surface area contributed by atoms with Crippen LogP contribution in [-0.2, 0) is 16.1 Å². The maximum Gasteiger partial charge on any atom is 0.309 e. The number of carbonyl (C=O) groups is 2. The van der Waals surface area contributed by atoms with E-state index in [2.05, 4.69) is 15.0 Å². The normalized spacial score (nSPS) is 11.9. The van der Waals surface area contributed by atoms with Crippen LogP contribution in [0.4, 0.5) is 11.6 Å². The maximum absolute atomic E-state index is 12.9. The molecule has 0 saturated carbocycles. The van der Waals surface area contributed by atoms with Crippen LogP contribution in [-0.4, -0.2) is 33.8 Å². The van der Waals surface area contributed by atoms with Crippen molar-refractivity contribution in [2.45, 2.75) is 19.4 Å². The van der Waals surface area contributed by atoms with Gasteiger partial charge in [-0.25, -0.2) is 15.0 Å². The minimum Gasteiger partial charge on any atom is -0.469 e. The molecular weight excluding hydrogens is 543 g/mol. The number of carbonyl (C=O) groups excluding carboxylic acids is 2. The highest BCUT2D eigenvalue weighted by Gasteiger charge is 2.24. The minimum atomic E-state index is -0.667. The van der Waals surface area contributed by atoms with Crippen LogP contribution in [0, 0.1) is 5.92 Å². The van der Waals surface area contributed by atoms with E-state index in [1.165, 1.54) is 18.4 Å². The number of thiazole rings is 1. The van der Waals surface area contributed by atoms with Crippen LogP contribution in [0.1, 0.15) is 34.5 Å². The zero-order valence-corrected chi connectivity index (χ0v) is 22.8. The van der Waals surface area contributed by atoms with E-state index >= 15 is 0 Å². The SMILES string of the molecule is COC(=O)C(C/C=C/c1ccc(N(Cc2cscn2)c2ncccn2)cc1)CC(=O)c1c(Cl)cccc1Cl. The molecule has 0 N–H and O–H groups in total. The largest absolute Gasteiger partial charge is 0.469 e. The van der Waals surface area contributed by atoms with Gasteiger partial charge < -0.3 is 9.64 Å². The van der Waals surface area contributed by atoms with Crippen molar-refractivity contribution in [3.8, 4) is 0 Å². The number of hydrogen-bond acceptors (Lipinski definition) is 8. The number of rotatable bonds is 11. The van der Waals surface area contributed by atoms with Crippen LogP contribution in [0.3, 0.4) is 0 Å². The molecule has 2 heterocycles. The van der Waals surface area contributed by atoms with Crippen molar-refractivity contribution in [3.05, 3.63) is 105 Å². The number of hydrogen-bond donors (Lipinski definition) is 0. The van der Waals surface area contributed by atoms with Gasteiger partial charge in [0.1, 0.15) is 0 Å². The van der Waals surface area contributed by atoms with Crippen LogP contribution in [0.15, 0.2) is 77.9 Å². The molecule has 0 aliphatic carbocycles. The Morgan fingerprint density at radius 3 is 2.37 bits per heavy atom. The van der Waals surface area contributed by atoms with Gasteiger partial charge in [0.2, 0.25) is 5.95 Å². The Hall–Kier alpha value is -3.59. The molecule has 0 amide bonds. The molecular formula is C28H24Cl2N4O3S. The molecule has 0 saturated heterocycles. The number of anilines is 2. The number of esters is 1. The Morgan fingerprint density at radius 2 is 1.74 bits per heavy atom. The molecule has 38 heavy (non-hydrogen) atoms. The predicted octanol–water partition coefficient (Wildman–Crippen LogP) is 7.04. The molecule has 2 aromatic heterocycles. The van der Waals surface area contributed by atoms with Gasteiger partial charge in [-0.2, -0.15) is 0 Å². The van der Waals surface area contributed by atoms with Crippen molar-refractivity contribution in [2.24, 2.45) is 5.92 Å². The Balaban J connectivity index is 1.46. The maximum atomic E-state index is 12.9. The van der Waals surface area contributed by atoms with E-state index in [1.54, 1.807) is 42.2 Å². The molecule has 194 valence electrons. The van der Waals surface area contributed by atoms with E-state index in [9.17, 15) is 9.59 Å². The van der Waals surface area contributed by atoms with Gasteiger partial charge in [-0.15, -0.1) is 11.3 Å². The fourth-order valence-electron chi connectivity index (χ4n) is 3.84.